The van der Waals surface area contributed by atoms with Gasteiger partial charge in [0.1, 0.15) is 0 Å². The lowest BCUT2D eigenvalue weighted by atomic mass is 9.98. The standard InChI is InChI=1S/C12H20N2/c1-9(2)7-12(14)8-10-3-5-11(13)6-4-10/h3-6,9,12H,7-8,13-14H2,1-2H3. The Hall–Kier alpha value is -1.02. The van der Waals surface area contributed by atoms with Crippen molar-refractivity contribution in [3.63, 3.8) is 0 Å². The molecule has 0 aliphatic rings. The van der Waals surface area contributed by atoms with Crippen LogP contribution in [0.25, 0.3) is 0 Å². The summed E-state index contributed by atoms with van der Waals surface area (Å²) in [7, 11) is 0. The maximum Gasteiger partial charge on any atom is 0.0314 e. The van der Waals surface area contributed by atoms with Gasteiger partial charge in [0.25, 0.3) is 0 Å². The molecule has 0 bridgehead atoms. The summed E-state index contributed by atoms with van der Waals surface area (Å²) < 4.78 is 0. The minimum absolute atomic E-state index is 0.263. The molecule has 0 heterocycles. The van der Waals surface area contributed by atoms with Crippen LogP contribution in [0.4, 0.5) is 5.69 Å². The fraction of sp³-hybridized carbons (Fsp3) is 0.500. The highest BCUT2D eigenvalue weighted by Gasteiger charge is 2.06. The normalized spacial score (nSPS) is 13.1. The van der Waals surface area contributed by atoms with Crippen LogP contribution in [0, 0.1) is 5.92 Å². The van der Waals surface area contributed by atoms with Gasteiger partial charge < -0.3 is 11.5 Å². The summed E-state index contributed by atoms with van der Waals surface area (Å²) in [4.78, 5) is 0. The van der Waals surface area contributed by atoms with Crippen LogP contribution in [0.3, 0.4) is 0 Å². The first-order valence-corrected chi connectivity index (χ1v) is 5.18. The molecular formula is C12H20N2. The average Bonchev–Trinajstić information content (AvgIpc) is 2.07. The third kappa shape index (κ3) is 3.79. The number of nitrogen functional groups attached to an aromatic ring is 1. The lowest BCUT2D eigenvalue weighted by Crippen LogP contribution is -2.24. The van der Waals surface area contributed by atoms with E-state index in [-0.39, 0.29) is 6.04 Å². The van der Waals surface area contributed by atoms with Gasteiger partial charge in [0.2, 0.25) is 0 Å². The number of hydrogen-bond acceptors (Lipinski definition) is 2. The van der Waals surface area contributed by atoms with Crippen molar-refractivity contribution in [1.29, 1.82) is 0 Å². The van der Waals surface area contributed by atoms with E-state index in [9.17, 15) is 0 Å². The largest absolute Gasteiger partial charge is 0.399 e. The van der Waals surface area contributed by atoms with Gasteiger partial charge in [-0.25, -0.2) is 0 Å². The predicted molar refractivity (Wildman–Crippen MR) is 62.0 cm³/mol. The van der Waals surface area contributed by atoms with Crippen LogP contribution in [0.15, 0.2) is 24.3 Å². The third-order valence-electron chi connectivity index (χ3n) is 2.25. The van der Waals surface area contributed by atoms with Crippen molar-refractivity contribution in [3.05, 3.63) is 29.8 Å². The first kappa shape index (κ1) is 11.1. The SMILES string of the molecule is CC(C)CC(N)Cc1ccc(N)cc1. The second kappa shape index (κ2) is 5.01. The second-order valence-electron chi connectivity index (χ2n) is 4.34. The highest BCUT2D eigenvalue weighted by Crippen LogP contribution is 2.11. The molecule has 1 atom stereocenters. The van der Waals surface area contributed by atoms with E-state index in [0.717, 1.165) is 18.5 Å². The van der Waals surface area contributed by atoms with E-state index in [4.69, 9.17) is 11.5 Å². The molecule has 0 aliphatic heterocycles. The van der Waals surface area contributed by atoms with Crippen molar-refractivity contribution >= 4 is 5.69 Å². The molecule has 0 aromatic heterocycles. The Bertz CT molecular complexity index is 264. The van der Waals surface area contributed by atoms with E-state index in [1.807, 2.05) is 12.1 Å². The lowest BCUT2D eigenvalue weighted by Gasteiger charge is -2.13. The molecule has 0 saturated carbocycles. The van der Waals surface area contributed by atoms with Gasteiger partial charge in [-0.05, 0) is 36.5 Å². The Kier molecular flexibility index (Phi) is 3.96. The van der Waals surface area contributed by atoms with Gasteiger partial charge in [-0.1, -0.05) is 26.0 Å². The number of hydrogen-bond donors (Lipinski definition) is 2. The second-order valence-corrected chi connectivity index (χ2v) is 4.34. The third-order valence-corrected chi connectivity index (χ3v) is 2.25. The molecule has 2 nitrogen and oxygen atoms in total. The van der Waals surface area contributed by atoms with Crippen LogP contribution in [-0.2, 0) is 6.42 Å². The highest BCUT2D eigenvalue weighted by molar-refractivity contribution is 5.39. The predicted octanol–water partition coefficient (Wildman–Crippen LogP) is 2.18. The van der Waals surface area contributed by atoms with Gasteiger partial charge in [-0.3, -0.25) is 0 Å². The lowest BCUT2D eigenvalue weighted by molar-refractivity contribution is 0.493. The van der Waals surface area contributed by atoms with Crippen molar-refractivity contribution < 1.29 is 0 Å². The summed E-state index contributed by atoms with van der Waals surface area (Å²) in [6, 6.07) is 8.22. The Morgan fingerprint density at radius 1 is 1.14 bits per heavy atom. The van der Waals surface area contributed by atoms with Crippen molar-refractivity contribution in [2.45, 2.75) is 32.7 Å². The zero-order chi connectivity index (χ0) is 10.6. The zero-order valence-corrected chi connectivity index (χ0v) is 9.03. The monoisotopic (exact) mass is 192 g/mol. The zero-order valence-electron chi connectivity index (χ0n) is 9.03. The Balaban J connectivity index is 2.47. The molecule has 14 heavy (non-hydrogen) atoms. The van der Waals surface area contributed by atoms with Crippen LogP contribution >= 0.6 is 0 Å². The molecule has 1 unspecified atom stereocenters. The minimum Gasteiger partial charge on any atom is -0.399 e. The van der Waals surface area contributed by atoms with Gasteiger partial charge >= 0.3 is 0 Å². The molecule has 1 aromatic carbocycles. The van der Waals surface area contributed by atoms with Crippen LogP contribution in [0.2, 0.25) is 0 Å². The molecule has 1 rings (SSSR count). The Morgan fingerprint density at radius 2 is 1.71 bits per heavy atom. The molecule has 2 heteroatoms. The quantitative estimate of drug-likeness (QED) is 0.718. The summed E-state index contributed by atoms with van der Waals surface area (Å²) in [5.41, 5.74) is 13.7. The van der Waals surface area contributed by atoms with E-state index in [1.54, 1.807) is 0 Å². The number of nitrogens with two attached hydrogens (primary N) is 2. The van der Waals surface area contributed by atoms with E-state index < -0.39 is 0 Å². The number of rotatable bonds is 4. The topological polar surface area (TPSA) is 52.0 Å². The minimum atomic E-state index is 0.263. The van der Waals surface area contributed by atoms with E-state index in [1.165, 1.54) is 5.56 Å². The molecule has 0 amide bonds. The average molecular weight is 192 g/mol. The summed E-state index contributed by atoms with van der Waals surface area (Å²) in [5, 5.41) is 0. The summed E-state index contributed by atoms with van der Waals surface area (Å²) in [5.74, 6) is 0.666. The van der Waals surface area contributed by atoms with E-state index >= 15 is 0 Å². The maximum atomic E-state index is 6.01. The molecule has 0 saturated heterocycles. The number of anilines is 1. The molecule has 0 radical (unpaired) electrons. The summed E-state index contributed by atoms with van der Waals surface area (Å²) >= 11 is 0. The fourth-order valence-corrected chi connectivity index (χ4v) is 1.65. The fourth-order valence-electron chi connectivity index (χ4n) is 1.65. The van der Waals surface area contributed by atoms with Crippen molar-refractivity contribution in [2.24, 2.45) is 11.7 Å². The molecule has 1 aromatic rings. The van der Waals surface area contributed by atoms with E-state index in [0.29, 0.717) is 5.92 Å². The van der Waals surface area contributed by atoms with E-state index in [2.05, 4.69) is 26.0 Å². The summed E-state index contributed by atoms with van der Waals surface area (Å²) in [6.45, 7) is 4.39. The summed E-state index contributed by atoms with van der Waals surface area (Å²) in [6.07, 6.45) is 2.02. The van der Waals surface area contributed by atoms with Crippen LogP contribution < -0.4 is 11.5 Å². The van der Waals surface area contributed by atoms with Crippen molar-refractivity contribution in [2.75, 3.05) is 5.73 Å². The van der Waals surface area contributed by atoms with Crippen molar-refractivity contribution in [1.82, 2.24) is 0 Å². The molecule has 0 fully saturated rings. The van der Waals surface area contributed by atoms with Crippen LogP contribution in [-0.4, -0.2) is 6.04 Å². The maximum absolute atomic E-state index is 6.01. The molecule has 0 spiro atoms. The first-order valence-electron chi connectivity index (χ1n) is 5.18. The van der Waals surface area contributed by atoms with Crippen LogP contribution in [0.5, 0.6) is 0 Å². The molecule has 78 valence electrons. The molecule has 0 aliphatic carbocycles. The first-order chi connectivity index (χ1) is 6.58. The highest BCUT2D eigenvalue weighted by atomic mass is 14.6. The molecule has 4 N–H and O–H groups in total. The van der Waals surface area contributed by atoms with Gasteiger partial charge in [0.15, 0.2) is 0 Å². The van der Waals surface area contributed by atoms with Gasteiger partial charge in [-0.15, -0.1) is 0 Å². The van der Waals surface area contributed by atoms with Crippen LogP contribution in [0.1, 0.15) is 25.8 Å². The van der Waals surface area contributed by atoms with Crippen molar-refractivity contribution in [3.8, 4) is 0 Å². The Morgan fingerprint density at radius 3 is 2.21 bits per heavy atom. The Labute approximate surface area is 86.3 Å². The smallest absolute Gasteiger partial charge is 0.0314 e. The molecular weight excluding hydrogens is 172 g/mol. The number of benzene rings is 1. The van der Waals surface area contributed by atoms with Gasteiger partial charge in [0.05, 0.1) is 0 Å². The van der Waals surface area contributed by atoms with Gasteiger partial charge in [-0.2, -0.15) is 0 Å². The van der Waals surface area contributed by atoms with Gasteiger partial charge in [0, 0.05) is 11.7 Å².